The number of aromatic nitrogens is 1. The summed E-state index contributed by atoms with van der Waals surface area (Å²) in [7, 11) is -3.90. The highest BCUT2D eigenvalue weighted by Gasteiger charge is 2.36. The second-order valence-corrected chi connectivity index (χ2v) is 9.22. The SMILES string of the molecule is Cc1ccc(S(=O)(=O)n2c3c(c4ccccc42)C(=O)OC(c2ccccc2)C3)cc1. The first-order chi connectivity index (χ1) is 14.5. The molecule has 0 saturated carbocycles. The summed E-state index contributed by atoms with van der Waals surface area (Å²) in [6, 6.07) is 23.2. The third-order valence-corrected chi connectivity index (χ3v) is 7.25. The van der Waals surface area contributed by atoms with Crippen LogP contribution >= 0.6 is 0 Å². The maximum Gasteiger partial charge on any atom is 0.341 e. The van der Waals surface area contributed by atoms with Gasteiger partial charge in [0.2, 0.25) is 0 Å². The molecule has 2 heterocycles. The largest absolute Gasteiger partial charge is 0.453 e. The van der Waals surface area contributed by atoms with Crippen LogP contribution in [0, 0.1) is 6.92 Å². The number of benzene rings is 3. The Morgan fingerprint density at radius 1 is 0.900 bits per heavy atom. The number of carbonyl (C=O) groups is 1. The summed E-state index contributed by atoms with van der Waals surface area (Å²) >= 11 is 0. The Morgan fingerprint density at radius 3 is 2.30 bits per heavy atom. The van der Waals surface area contributed by atoms with E-state index < -0.39 is 22.1 Å². The highest BCUT2D eigenvalue weighted by molar-refractivity contribution is 7.90. The molecule has 30 heavy (non-hydrogen) atoms. The number of nitrogens with zero attached hydrogens (tertiary/aromatic N) is 1. The molecule has 0 saturated heterocycles. The summed E-state index contributed by atoms with van der Waals surface area (Å²) < 4.78 is 34.3. The molecule has 0 amide bonds. The number of carbonyl (C=O) groups excluding carboxylic acids is 1. The first-order valence-corrected chi connectivity index (χ1v) is 11.1. The number of aryl methyl sites for hydroxylation is 1. The molecule has 0 aliphatic carbocycles. The van der Waals surface area contributed by atoms with Crippen LogP contribution in [0.5, 0.6) is 0 Å². The van der Waals surface area contributed by atoms with E-state index in [1.165, 1.54) is 3.97 Å². The van der Waals surface area contributed by atoms with Crippen molar-refractivity contribution >= 4 is 26.9 Å². The average Bonchev–Trinajstić information content (AvgIpc) is 3.10. The van der Waals surface area contributed by atoms with Crippen molar-refractivity contribution < 1.29 is 17.9 Å². The van der Waals surface area contributed by atoms with Crippen LogP contribution in [0.3, 0.4) is 0 Å². The monoisotopic (exact) mass is 417 g/mol. The standard InChI is InChI=1S/C24H19NO4S/c1-16-11-13-18(14-12-16)30(27,28)25-20-10-6-5-9-19(20)23-21(25)15-22(29-24(23)26)17-7-3-2-4-8-17/h2-14,22H,15H2,1H3. The molecule has 1 aromatic heterocycles. The molecule has 0 radical (unpaired) electrons. The zero-order chi connectivity index (χ0) is 20.9. The molecule has 0 spiro atoms. The van der Waals surface area contributed by atoms with Gasteiger partial charge < -0.3 is 4.74 Å². The van der Waals surface area contributed by atoms with E-state index in [2.05, 4.69) is 0 Å². The van der Waals surface area contributed by atoms with Crippen LogP contribution in [0.25, 0.3) is 10.9 Å². The third-order valence-electron chi connectivity index (χ3n) is 5.49. The zero-order valence-corrected chi connectivity index (χ0v) is 17.1. The Hall–Kier alpha value is -3.38. The van der Waals surface area contributed by atoms with E-state index in [0.717, 1.165) is 11.1 Å². The van der Waals surface area contributed by atoms with Crippen LogP contribution in [0.1, 0.15) is 33.3 Å². The number of cyclic esters (lactones) is 1. The molecule has 5 rings (SSSR count). The minimum atomic E-state index is -3.90. The van der Waals surface area contributed by atoms with Crippen molar-refractivity contribution in [2.75, 3.05) is 0 Å². The van der Waals surface area contributed by atoms with Gasteiger partial charge in [0.25, 0.3) is 10.0 Å². The van der Waals surface area contributed by atoms with Crippen LogP contribution in [0.4, 0.5) is 0 Å². The van der Waals surface area contributed by atoms with Gasteiger partial charge in [0.15, 0.2) is 0 Å². The van der Waals surface area contributed by atoms with E-state index in [0.29, 0.717) is 22.2 Å². The summed E-state index contributed by atoms with van der Waals surface area (Å²) in [4.78, 5) is 13.2. The first kappa shape index (κ1) is 18.6. The Labute approximate surface area is 174 Å². The van der Waals surface area contributed by atoms with Gasteiger partial charge in [-0.05, 0) is 30.7 Å². The van der Waals surface area contributed by atoms with Gasteiger partial charge in [-0.2, -0.15) is 0 Å². The Kier molecular flexibility index (Phi) is 4.25. The van der Waals surface area contributed by atoms with E-state index >= 15 is 0 Å². The fraction of sp³-hybridized carbons (Fsp3) is 0.125. The second kappa shape index (κ2) is 6.85. The van der Waals surface area contributed by atoms with Gasteiger partial charge in [-0.15, -0.1) is 0 Å². The molecule has 0 fully saturated rings. The summed E-state index contributed by atoms with van der Waals surface area (Å²) in [6.07, 6.45) is -0.257. The molecule has 1 aliphatic heterocycles. The van der Waals surface area contributed by atoms with Crippen molar-refractivity contribution in [2.45, 2.75) is 24.3 Å². The van der Waals surface area contributed by atoms with Gasteiger partial charge in [-0.3, -0.25) is 0 Å². The van der Waals surface area contributed by atoms with Gasteiger partial charge in [-0.25, -0.2) is 17.2 Å². The highest BCUT2D eigenvalue weighted by Crippen LogP contribution is 2.38. The lowest BCUT2D eigenvalue weighted by atomic mass is 9.99. The van der Waals surface area contributed by atoms with Crippen molar-refractivity contribution in [1.29, 1.82) is 0 Å². The molecule has 1 unspecified atom stereocenters. The van der Waals surface area contributed by atoms with Crippen LogP contribution in [0.2, 0.25) is 0 Å². The van der Waals surface area contributed by atoms with Crippen molar-refractivity contribution in [3.8, 4) is 0 Å². The summed E-state index contributed by atoms with van der Waals surface area (Å²) in [5, 5.41) is 0.583. The summed E-state index contributed by atoms with van der Waals surface area (Å²) in [5.74, 6) is -0.501. The third kappa shape index (κ3) is 2.83. The van der Waals surface area contributed by atoms with Crippen LogP contribution in [-0.2, 0) is 21.2 Å². The first-order valence-electron chi connectivity index (χ1n) is 9.67. The van der Waals surface area contributed by atoms with Gasteiger partial charge in [-0.1, -0.05) is 66.2 Å². The smallest absolute Gasteiger partial charge is 0.341 e. The van der Waals surface area contributed by atoms with Crippen LogP contribution < -0.4 is 0 Å². The number of fused-ring (bicyclic) bond motifs is 3. The molecule has 0 bridgehead atoms. The van der Waals surface area contributed by atoms with Gasteiger partial charge in [0, 0.05) is 11.8 Å². The van der Waals surface area contributed by atoms with Crippen molar-refractivity contribution in [2.24, 2.45) is 0 Å². The maximum absolute atomic E-state index is 13.7. The molecular weight excluding hydrogens is 398 g/mol. The van der Waals surface area contributed by atoms with E-state index in [1.54, 1.807) is 48.5 Å². The topological polar surface area (TPSA) is 65.4 Å². The average molecular weight is 417 g/mol. The lowest BCUT2D eigenvalue weighted by Gasteiger charge is -2.24. The van der Waals surface area contributed by atoms with Crippen molar-refractivity contribution in [3.63, 3.8) is 0 Å². The fourth-order valence-electron chi connectivity index (χ4n) is 4.03. The number of ether oxygens (including phenoxy) is 1. The van der Waals surface area contributed by atoms with E-state index in [1.807, 2.05) is 37.3 Å². The summed E-state index contributed by atoms with van der Waals surface area (Å²) in [6.45, 7) is 1.91. The molecular formula is C24H19NO4S. The molecule has 3 aromatic carbocycles. The van der Waals surface area contributed by atoms with Crippen molar-refractivity contribution in [1.82, 2.24) is 3.97 Å². The predicted octanol–water partition coefficient (Wildman–Crippen LogP) is 4.64. The number of hydrogen-bond donors (Lipinski definition) is 0. The van der Waals surface area contributed by atoms with Gasteiger partial charge >= 0.3 is 5.97 Å². The predicted molar refractivity (Wildman–Crippen MR) is 114 cm³/mol. The van der Waals surface area contributed by atoms with E-state index in [9.17, 15) is 13.2 Å². The Morgan fingerprint density at radius 2 is 1.57 bits per heavy atom. The molecule has 4 aromatic rings. The normalized spacial score (nSPS) is 16.3. The number of esters is 1. The minimum absolute atomic E-state index is 0.187. The lowest BCUT2D eigenvalue weighted by Crippen LogP contribution is -2.25. The molecule has 5 nitrogen and oxygen atoms in total. The quantitative estimate of drug-likeness (QED) is 0.456. The number of rotatable bonds is 3. The molecule has 1 atom stereocenters. The van der Waals surface area contributed by atoms with Crippen LogP contribution in [-0.4, -0.2) is 18.4 Å². The lowest BCUT2D eigenvalue weighted by molar-refractivity contribution is 0.0252. The molecule has 150 valence electrons. The zero-order valence-electron chi connectivity index (χ0n) is 16.3. The molecule has 0 N–H and O–H groups in total. The minimum Gasteiger partial charge on any atom is -0.453 e. The van der Waals surface area contributed by atoms with E-state index in [-0.39, 0.29) is 11.3 Å². The molecule has 6 heteroatoms. The number of para-hydroxylation sites is 1. The maximum atomic E-state index is 13.7. The van der Waals surface area contributed by atoms with E-state index in [4.69, 9.17) is 4.74 Å². The Bertz CT molecular complexity index is 1370. The van der Waals surface area contributed by atoms with Crippen LogP contribution in [0.15, 0.2) is 83.8 Å². The van der Waals surface area contributed by atoms with Gasteiger partial charge in [0.05, 0.1) is 21.7 Å². The molecule has 1 aliphatic rings. The number of hydrogen-bond acceptors (Lipinski definition) is 4. The highest BCUT2D eigenvalue weighted by atomic mass is 32.2. The summed E-state index contributed by atoms with van der Waals surface area (Å²) in [5.41, 5.74) is 3.08. The fourth-order valence-corrected chi connectivity index (χ4v) is 5.59. The Balaban J connectivity index is 1.76. The van der Waals surface area contributed by atoms with Crippen molar-refractivity contribution in [3.05, 3.63) is 101 Å². The second-order valence-electron chi connectivity index (χ2n) is 7.43. The van der Waals surface area contributed by atoms with Gasteiger partial charge in [0.1, 0.15) is 6.10 Å².